The lowest BCUT2D eigenvalue weighted by Crippen LogP contribution is -2.67. The number of alkyl carbamates (subject to hydrolysis) is 1. The fourth-order valence-electron chi connectivity index (χ4n) is 6.27. The van der Waals surface area contributed by atoms with Crippen LogP contribution in [-0.2, 0) is 20.9 Å². The van der Waals surface area contributed by atoms with Crippen LogP contribution in [0.3, 0.4) is 0 Å². The third-order valence-electron chi connectivity index (χ3n) is 8.69. The van der Waals surface area contributed by atoms with Crippen LogP contribution in [0.4, 0.5) is 4.79 Å². The lowest BCUT2D eigenvalue weighted by molar-refractivity contribution is -0.148. The molecule has 1 aliphatic heterocycles. The molecule has 1 saturated heterocycles. The number of ether oxygens (including phenoxy) is 1. The number of rotatable bonds is 10. The Bertz CT molecular complexity index is 1390. The van der Waals surface area contributed by atoms with Crippen LogP contribution in [-0.4, -0.2) is 58.8 Å². The Hall–Kier alpha value is -4.17. The van der Waals surface area contributed by atoms with Gasteiger partial charge in [-0.3, -0.25) is 9.69 Å². The minimum atomic E-state index is -1.44. The number of likely N-dealkylation sites (tertiary alicyclic amines) is 1. The van der Waals surface area contributed by atoms with Crippen molar-refractivity contribution in [1.29, 1.82) is 0 Å². The highest BCUT2D eigenvalue weighted by atomic mass is 16.5. The van der Waals surface area contributed by atoms with Crippen LogP contribution < -0.4 is 10.6 Å². The highest BCUT2D eigenvalue weighted by molar-refractivity contribution is 5.94. The summed E-state index contributed by atoms with van der Waals surface area (Å²) in [4.78, 5) is 41.6. The maximum atomic E-state index is 13.8. The van der Waals surface area contributed by atoms with Crippen molar-refractivity contribution in [2.75, 3.05) is 19.7 Å². The van der Waals surface area contributed by atoms with Gasteiger partial charge < -0.3 is 20.5 Å². The summed E-state index contributed by atoms with van der Waals surface area (Å²) in [5.41, 5.74) is 2.90. The fraction of sp³-hybridized carbons (Fsp3) is 0.382. The summed E-state index contributed by atoms with van der Waals surface area (Å²) < 4.78 is 5.81. The molecule has 0 spiro atoms. The van der Waals surface area contributed by atoms with Crippen molar-refractivity contribution in [1.82, 2.24) is 15.5 Å². The van der Waals surface area contributed by atoms with Crippen LogP contribution in [0, 0.1) is 0 Å². The fourth-order valence-corrected chi connectivity index (χ4v) is 6.27. The van der Waals surface area contributed by atoms with Gasteiger partial charge in [0.25, 0.3) is 0 Å². The molecule has 1 aliphatic carbocycles. The summed E-state index contributed by atoms with van der Waals surface area (Å²) in [6.45, 7) is 5.36. The highest BCUT2D eigenvalue weighted by Gasteiger charge is 2.47. The van der Waals surface area contributed by atoms with Crippen LogP contribution in [0.15, 0.2) is 78.9 Å². The number of hydrogen-bond donors (Lipinski definition) is 3. The van der Waals surface area contributed by atoms with Gasteiger partial charge in [-0.15, -0.1) is 0 Å². The van der Waals surface area contributed by atoms with E-state index >= 15 is 0 Å². The molecule has 3 aromatic rings. The van der Waals surface area contributed by atoms with E-state index in [2.05, 4.69) is 51.9 Å². The summed E-state index contributed by atoms with van der Waals surface area (Å²) in [7, 11) is 0. The number of amides is 2. The zero-order chi connectivity index (χ0) is 29.7. The van der Waals surface area contributed by atoms with Gasteiger partial charge in [-0.25, -0.2) is 9.59 Å². The van der Waals surface area contributed by atoms with Gasteiger partial charge in [0.1, 0.15) is 17.7 Å². The van der Waals surface area contributed by atoms with Gasteiger partial charge in [-0.1, -0.05) is 92.2 Å². The first-order valence-corrected chi connectivity index (χ1v) is 14.7. The van der Waals surface area contributed by atoms with E-state index < -0.39 is 29.0 Å². The molecule has 0 bridgehead atoms. The Morgan fingerprint density at radius 1 is 0.929 bits per heavy atom. The molecule has 220 valence electrons. The van der Waals surface area contributed by atoms with Crippen molar-refractivity contribution in [3.63, 3.8) is 0 Å². The summed E-state index contributed by atoms with van der Waals surface area (Å²) in [5.74, 6) is -1.70. The second kappa shape index (κ2) is 12.4. The molecule has 1 heterocycles. The Balaban J connectivity index is 1.31. The molecule has 3 N–H and O–H groups in total. The van der Waals surface area contributed by atoms with E-state index in [-0.39, 0.29) is 18.9 Å². The minimum Gasteiger partial charge on any atom is -0.480 e. The molecular formula is C34H39N3O5. The molecule has 8 nitrogen and oxygen atoms in total. The van der Waals surface area contributed by atoms with Crippen LogP contribution in [0.1, 0.15) is 62.1 Å². The largest absolute Gasteiger partial charge is 0.480 e. The minimum absolute atomic E-state index is 0.111. The number of carboxylic acid groups (broad SMARTS) is 1. The molecule has 3 aromatic carbocycles. The predicted molar refractivity (Wildman–Crippen MR) is 161 cm³/mol. The Morgan fingerprint density at radius 2 is 1.50 bits per heavy atom. The second-order valence-electron chi connectivity index (χ2n) is 11.6. The molecule has 1 atom stereocenters. The van der Waals surface area contributed by atoms with Gasteiger partial charge in [-0.2, -0.15) is 0 Å². The van der Waals surface area contributed by atoms with Crippen molar-refractivity contribution < 1.29 is 24.2 Å². The molecule has 0 saturated carbocycles. The third kappa shape index (κ3) is 6.04. The number of benzene rings is 3. The number of fused-ring (bicyclic) bond motifs is 3. The summed E-state index contributed by atoms with van der Waals surface area (Å²) in [6, 6.07) is 26.3. The Labute approximate surface area is 247 Å². The topological polar surface area (TPSA) is 108 Å². The van der Waals surface area contributed by atoms with Crippen LogP contribution in [0.25, 0.3) is 11.1 Å². The number of hydrogen-bond acceptors (Lipinski definition) is 5. The van der Waals surface area contributed by atoms with E-state index in [9.17, 15) is 19.5 Å². The predicted octanol–water partition coefficient (Wildman–Crippen LogP) is 5.32. The number of nitrogens with one attached hydrogen (secondary N) is 2. The monoisotopic (exact) mass is 569 g/mol. The zero-order valence-electron chi connectivity index (χ0n) is 24.3. The number of nitrogens with zero attached hydrogens (tertiary/aromatic N) is 1. The standard InChI is InChI=1S/C34H39N3O5/c1-3-17-33(2,31(39)40)35-30(38)34(18-20-37(21-19-34)22-24-11-5-4-6-12-24)36-32(41)42-23-29-27-15-9-7-13-25(27)26-14-8-10-16-28(26)29/h4-16,29H,3,17-23H2,1-2H3,(H,35,38)(H,36,41)(H,39,40). The van der Waals surface area contributed by atoms with E-state index in [1.54, 1.807) is 0 Å². The number of aliphatic carboxylic acids is 1. The lowest BCUT2D eigenvalue weighted by atomic mass is 9.84. The number of carboxylic acids is 1. The van der Waals surface area contributed by atoms with Crippen molar-refractivity contribution in [3.8, 4) is 11.1 Å². The number of carbonyl (C=O) groups is 3. The zero-order valence-corrected chi connectivity index (χ0v) is 24.3. The molecule has 1 unspecified atom stereocenters. The maximum Gasteiger partial charge on any atom is 0.408 e. The average Bonchev–Trinajstić information content (AvgIpc) is 3.31. The third-order valence-corrected chi connectivity index (χ3v) is 8.69. The number of carbonyl (C=O) groups excluding carboxylic acids is 2. The van der Waals surface area contributed by atoms with Crippen molar-refractivity contribution >= 4 is 18.0 Å². The van der Waals surface area contributed by atoms with E-state index in [1.807, 2.05) is 49.4 Å². The smallest absolute Gasteiger partial charge is 0.408 e. The van der Waals surface area contributed by atoms with Crippen LogP contribution in [0.5, 0.6) is 0 Å². The average molecular weight is 570 g/mol. The van der Waals surface area contributed by atoms with Gasteiger partial charge in [0.15, 0.2) is 0 Å². The SMILES string of the molecule is CCCC(C)(NC(=O)C1(NC(=O)OCC2c3ccccc3-c3ccccc32)CCN(Cc2ccccc2)CC1)C(=O)O. The van der Waals surface area contributed by atoms with Gasteiger partial charge in [0.2, 0.25) is 5.91 Å². The second-order valence-corrected chi connectivity index (χ2v) is 11.6. The Kier molecular flexibility index (Phi) is 8.64. The maximum absolute atomic E-state index is 13.8. The molecule has 0 radical (unpaired) electrons. The van der Waals surface area contributed by atoms with Crippen LogP contribution in [0.2, 0.25) is 0 Å². The molecular weight excluding hydrogens is 530 g/mol. The van der Waals surface area contributed by atoms with Gasteiger partial charge in [0, 0.05) is 25.6 Å². The first-order valence-electron chi connectivity index (χ1n) is 14.7. The van der Waals surface area contributed by atoms with Gasteiger partial charge >= 0.3 is 12.1 Å². The first kappa shape index (κ1) is 29.3. The Morgan fingerprint density at radius 3 is 2.07 bits per heavy atom. The van der Waals surface area contributed by atoms with Crippen molar-refractivity contribution in [2.45, 2.75) is 63.1 Å². The quantitative estimate of drug-likeness (QED) is 0.305. The summed E-state index contributed by atoms with van der Waals surface area (Å²) >= 11 is 0. The molecule has 1 fully saturated rings. The molecule has 8 heteroatoms. The normalized spacial score (nSPS) is 17.4. The van der Waals surface area contributed by atoms with E-state index in [0.717, 1.165) is 28.8 Å². The van der Waals surface area contributed by atoms with E-state index in [1.165, 1.54) is 12.5 Å². The number of piperidine rings is 1. The molecule has 2 amide bonds. The van der Waals surface area contributed by atoms with Gasteiger partial charge in [0.05, 0.1) is 0 Å². The van der Waals surface area contributed by atoms with E-state index in [4.69, 9.17) is 4.74 Å². The van der Waals surface area contributed by atoms with Crippen LogP contribution >= 0.6 is 0 Å². The molecule has 42 heavy (non-hydrogen) atoms. The van der Waals surface area contributed by atoms with Crippen molar-refractivity contribution in [2.24, 2.45) is 0 Å². The molecule has 5 rings (SSSR count). The first-order chi connectivity index (χ1) is 20.2. The summed E-state index contributed by atoms with van der Waals surface area (Å²) in [5, 5.41) is 15.6. The lowest BCUT2D eigenvalue weighted by Gasteiger charge is -2.42. The van der Waals surface area contributed by atoms with Gasteiger partial charge in [-0.05, 0) is 54.0 Å². The van der Waals surface area contributed by atoms with Crippen molar-refractivity contribution in [3.05, 3.63) is 95.6 Å². The van der Waals surface area contributed by atoms with E-state index in [0.29, 0.717) is 32.4 Å². The molecule has 0 aromatic heterocycles. The molecule has 2 aliphatic rings. The highest BCUT2D eigenvalue weighted by Crippen LogP contribution is 2.44. The summed E-state index contributed by atoms with van der Waals surface area (Å²) in [6.07, 6.45) is 0.835.